The molecule has 4 amide bonds. The van der Waals surface area contributed by atoms with Gasteiger partial charge in [0.25, 0.3) is 11.8 Å². The first-order chi connectivity index (χ1) is 14.4. The zero-order valence-corrected chi connectivity index (χ0v) is 16.9. The van der Waals surface area contributed by atoms with Gasteiger partial charge in [0.05, 0.1) is 12.8 Å². The molecule has 0 saturated carbocycles. The van der Waals surface area contributed by atoms with Crippen LogP contribution < -0.4 is 15.0 Å². The minimum absolute atomic E-state index is 0.108. The molecule has 0 radical (unpaired) electrons. The Labute approximate surface area is 173 Å². The Bertz CT molecular complexity index is 1240. The monoisotopic (exact) mass is 400 g/mol. The molecule has 0 spiro atoms. The van der Waals surface area contributed by atoms with Crippen molar-refractivity contribution in [3.05, 3.63) is 76.9 Å². The van der Waals surface area contributed by atoms with Crippen molar-refractivity contribution in [2.75, 3.05) is 12.0 Å². The largest absolute Gasteiger partial charge is 0.496 e. The van der Waals surface area contributed by atoms with Gasteiger partial charge in [-0.25, -0.2) is 9.69 Å². The van der Waals surface area contributed by atoms with E-state index in [-0.39, 0.29) is 5.57 Å². The van der Waals surface area contributed by atoms with Crippen LogP contribution in [0.2, 0.25) is 0 Å². The van der Waals surface area contributed by atoms with Crippen LogP contribution in [-0.2, 0) is 9.59 Å². The minimum atomic E-state index is -0.759. The second-order valence-electron chi connectivity index (χ2n) is 7.13. The van der Waals surface area contributed by atoms with Gasteiger partial charge in [0.1, 0.15) is 11.3 Å². The Kier molecular flexibility index (Phi) is 4.83. The van der Waals surface area contributed by atoms with Gasteiger partial charge in [0.15, 0.2) is 0 Å². The maximum atomic E-state index is 13.2. The fourth-order valence-electron chi connectivity index (χ4n) is 3.51. The van der Waals surface area contributed by atoms with Gasteiger partial charge < -0.3 is 4.74 Å². The van der Waals surface area contributed by atoms with Crippen molar-refractivity contribution in [2.24, 2.45) is 0 Å². The molecular weight excluding hydrogens is 380 g/mol. The molecule has 3 aromatic carbocycles. The Morgan fingerprint density at radius 1 is 0.900 bits per heavy atom. The van der Waals surface area contributed by atoms with Crippen LogP contribution in [0.15, 0.2) is 60.2 Å². The molecule has 1 N–H and O–H groups in total. The van der Waals surface area contributed by atoms with E-state index >= 15 is 0 Å². The summed E-state index contributed by atoms with van der Waals surface area (Å²) in [5.41, 5.74) is 2.97. The summed E-state index contributed by atoms with van der Waals surface area (Å²) in [6.45, 7) is 3.84. The third-order valence-electron chi connectivity index (χ3n) is 5.29. The number of hydrogen-bond acceptors (Lipinski definition) is 4. The number of urea groups is 1. The lowest BCUT2D eigenvalue weighted by Crippen LogP contribution is -2.54. The van der Waals surface area contributed by atoms with E-state index in [1.54, 1.807) is 31.4 Å². The Hall–Kier alpha value is -3.93. The van der Waals surface area contributed by atoms with E-state index in [0.717, 1.165) is 26.8 Å². The molecule has 1 aliphatic heterocycles. The van der Waals surface area contributed by atoms with Crippen LogP contribution >= 0.6 is 0 Å². The van der Waals surface area contributed by atoms with Crippen LogP contribution in [0.25, 0.3) is 16.8 Å². The van der Waals surface area contributed by atoms with Gasteiger partial charge in [-0.3, -0.25) is 14.9 Å². The highest BCUT2D eigenvalue weighted by Crippen LogP contribution is 2.31. The number of anilines is 1. The third kappa shape index (κ3) is 3.22. The molecule has 4 rings (SSSR count). The van der Waals surface area contributed by atoms with Gasteiger partial charge in [-0.05, 0) is 60.2 Å². The molecule has 6 heteroatoms. The zero-order chi connectivity index (χ0) is 21.4. The first-order valence-electron chi connectivity index (χ1n) is 9.45. The highest BCUT2D eigenvalue weighted by atomic mass is 16.5. The van der Waals surface area contributed by atoms with Crippen LogP contribution in [-0.4, -0.2) is 25.0 Å². The average Bonchev–Trinajstić information content (AvgIpc) is 2.73. The van der Waals surface area contributed by atoms with Gasteiger partial charge in [-0.2, -0.15) is 0 Å². The van der Waals surface area contributed by atoms with Gasteiger partial charge in [-0.1, -0.05) is 36.4 Å². The number of fused-ring (bicyclic) bond motifs is 1. The van der Waals surface area contributed by atoms with E-state index in [4.69, 9.17) is 4.74 Å². The number of methoxy groups -OCH3 is 1. The molecule has 3 aromatic rings. The van der Waals surface area contributed by atoms with E-state index < -0.39 is 17.8 Å². The molecule has 0 bridgehead atoms. The maximum Gasteiger partial charge on any atom is 0.335 e. The molecule has 0 unspecified atom stereocenters. The van der Waals surface area contributed by atoms with E-state index in [9.17, 15) is 14.4 Å². The number of nitrogens with one attached hydrogen (secondary N) is 1. The van der Waals surface area contributed by atoms with Crippen molar-refractivity contribution in [1.29, 1.82) is 0 Å². The summed E-state index contributed by atoms with van der Waals surface area (Å²) in [6.07, 6.45) is 1.51. The maximum absolute atomic E-state index is 13.2. The lowest BCUT2D eigenvalue weighted by molar-refractivity contribution is -0.122. The fourth-order valence-corrected chi connectivity index (χ4v) is 3.51. The number of carbonyl (C=O) groups is 3. The number of benzene rings is 3. The highest BCUT2D eigenvalue weighted by molar-refractivity contribution is 6.39. The molecule has 1 fully saturated rings. The second-order valence-corrected chi connectivity index (χ2v) is 7.13. The van der Waals surface area contributed by atoms with E-state index in [2.05, 4.69) is 5.32 Å². The second kappa shape index (κ2) is 7.48. The number of ether oxygens (including phenoxy) is 1. The Morgan fingerprint density at radius 2 is 1.63 bits per heavy atom. The molecule has 0 aromatic heterocycles. The number of imide groups is 2. The number of amides is 4. The van der Waals surface area contributed by atoms with Crippen molar-refractivity contribution >= 4 is 40.4 Å². The summed E-state index contributed by atoms with van der Waals surface area (Å²) < 4.78 is 5.40. The van der Waals surface area contributed by atoms with Gasteiger partial charge in [0.2, 0.25) is 0 Å². The lowest BCUT2D eigenvalue weighted by Gasteiger charge is -2.27. The number of carbonyl (C=O) groups excluding carboxylic acids is 3. The van der Waals surface area contributed by atoms with Crippen molar-refractivity contribution in [1.82, 2.24) is 5.32 Å². The average molecular weight is 400 g/mol. The Balaban J connectivity index is 1.82. The molecule has 0 aliphatic carbocycles. The predicted molar refractivity (Wildman–Crippen MR) is 115 cm³/mol. The topological polar surface area (TPSA) is 75.7 Å². The Morgan fingerprint density at radius 3 is 2.33 bits per heavy atom. The number of barbiturate groups is 1. The predicted octanol–water partition coefficient (Wildman–Crippen LogP) is 4.13. The molecule has 150 valence electrons. The summed E-state index contributed by atoms with van der Waals surface area (Å²) in [6, 6.07) is 15.6. The molecule has 1 heterocycles. The number of nitrogens with zero attached hydrogens (tertiary/aromatic N) is 1. The third-order valence-corrected chi connectivity index (χ3v) is 5.29. The van der Waals surface area contributed by atoms with E-state index in [1.165, 1.54) is 6.08 Å². The number of rotatable bonds is 3. The first kappa shape index (κ1) is 19.4. The number of hydrogen-bond donors (Lipinski definition) is 1. The smallest absolute Gasteiger partial charge is 0.335 e. The molecule has 6 nitrogen and oxygen atoms in total. The van der Waals surface area contributed by atoms with Crippen molar-refractivity contribution in [3.63, 3.8) is 0 Å². The molecule has 0 atom stereocenters. The van der Waals surface area contributed by atoms with E-state index in [0.29, 0.717) is 17.0 Å². The summed E-state index contributed by atoms with van der Waals surface area (Å²) >= 11 is 0. The number of aryl methyl sites for hydroxylation is 2. The molecule has 1 saturated heterocycles. The quantitative estimate of drug-likeness (QED) is 0.530. The van der Waals surface area contributed by atoms with Crippen molar-refractivity contribution in [2.45, 2.75) is 13.8 Å². The van der Waals surface area contributed by atoms with Gasteiger partial charge in [0, 0.05) is 5.39 Å². The summed E-state index contributed by atoms with van der Waals surface area (Å²) in [5.74, 6) is -0.684. The van der Waals surface area contributed by atoms with Crippen molar-refractivity contribution < 1.29 is 19.1 Å². The van der Waals surface area contributed by atoms with Crippen LogP contribution in [0.5, 0.6) is 5.75 Å². The molecule has 1 aliphatic rings. The summed E-state index contributed by atoms with van der Waals surface area (Å²) in [4.78, 5) is 39.1. The zero-order valence-electron chi connectivity index (χ0n) is 16.9. The van der Waals surface area contributed by atoms with Gasteiger partial charge >= 0.3 is 6.03 Å². The standard InChI is InChI=1S/C24H20N2O4/c1-14-8-10-17(12-15(14)2)26-23(28)20(22(27)25-24(26)29)13-16-9-11-21(30-3)19-7-5-4-6-18(16)19/h4-13H,1-3H3,(H,25,27,29)/b20-13+. The molecular formula is C24H20N2O4. The minimum Gasteiger partial charge on any atom is -0.496 e. The molecule has 30 heavy (non-hydrogen) atoms. The highest BCUT2D eigenvalue weighted by Gasteiger charge is 2.37. The first-order valence-corrected chi connectivity index (χ1v) is 9.45. The summed E-state index contributed by atoms with van der Waals surface area (Å²) in [5, 5.41) is 3.96. The SMILES string of the molecule is COc1ccc(/C=C2\C(=O)NC(=O)N(c3ccc(C)c(C)c3)C2=O)c2ccccc12. The van der Waals surface area contributed by atoms with Crippen LogP contribution in [0, 0.1) is 13.8 Å². The van der Waals surface area contributed by atoms with Crippen LogP contribution in [0.3, 0.4) is 0 Å². The van der Waals surface area contributed by atoms with Crippen LogP contribution in [0.4, 0.5) is 10.5 Å². The van der Waals surface area contributed by atoms with Crippen LogP contribution in [0.1, 0.15) is 16.7 Å². The lowest BCUT2D eigenvalue weighted by atomic mass is 10.00. The van der Waals surface area contributed by atoms with Gasteiger partial charge in [-0.15, -0.1) is 0 Å². The van der Waals surface area contributed by atoms with Crippen molar-refractivity contribution in [3.8, 4) is 5.75 Å². The van der Waals surface area contributed by atoms with E-state index in [1.807, 2.05) is 44.2 Å². The summed E-state index contributed by atoms with van der Waals surface area (Å²) in [7, 11) is 1.59. The fraction of sp³-hybridized carbons (Fsp3) is 0.125. The normalized spacial score (nSPS) is 15.6.